The van der Waals surface area contributed by atoms with Crippen molar-refractivity contribution in [3.63, 3.8) is 0 Å². The summed E-state index contributed by atoms with van der Waals surface area (Å²) >= 11 is 0. The topological polar surface area (TPSA) is 71.4 Å². The molecule has 1 aliphatic heterocycles. The van der Waals surface area contributed by atoms with Crippen LogP contribution in [0.25, 0.3) is 0 Å². The van der Waals surface area contributed by atoms with E-state index in [1.54, 1.807) is 21.9 Å². The lowest BCUT2D eigenvalue weighted by Crippen LogP contribution is -2.42. The molecule has 0 spiro atoms. The third-order valence-electron chi connectivity index (χ3n) is 6.26. The predicted molar refractivity (Wildman–Crippen MR) is 129 cm³/mol. The number of likely N-dealkylation sites (tertiary alicyclic amines) is 1. The van der Waals surface area contributed by atoms with Gasteiger partial charge < -0.3 is 14.8 Å². The largest absolute Gasteiger partial charge is 0.355 e. The first-order valence-corrected chi connectivity index (χ1v) is 11.4. The van der Waals surface area contributed by atoms with Crippen molar-refractivity contribution in [2.45, 2.75) is 31.7 Å². The highest BCUT2D eigenvalue weighted by atomic mass is 16.2. The van der Waals surface area contributed by atoms with Crippen LogP contribution in [-0.2, 0) is 13.0 Å². The number of pyridine rings is 1. The first-order chi connectivity index (χ1) is 16.1. The molecular formula is C27H29N3O3. The highest BCUT2D eigenvalue weighted by Gasteiger charge is 2.28. The van der Waals surface area contributed by atoms with Crippen LogP contribution in [0.15, 0.2) is 77.9 Å². The number of aromatic nitrogens is 1. The Labute approximate surface area is 193 Å². The molecule has 1 aliphatic rings. The molecule has 0 radical (unpaired) electrons. The first kappa shape index (κ1) is 22.5. The average molecular weight is 444 g/mol. The lowest BCUT2D eigenvalue weighted by molar-refractivity contribution is 0.0705. The standard InChI is InChI=1S/C27H29N3O3/c1-28-26(32)23-18-29(16-14-20-9-4-2-5-10-20)19-24(25(23)31)27(33)30-15-8-13-22(17-30)21-11-6-3-7-12-21/h2-7,9-12,18-19,22H,8,13-17H2,1H3,(H,28,32). The van der Waals surface area contributed by atoms with Gasteiger partial charge in [0, 0.05) is 45.0 Å². The monoisotopic (exact) mass is 443 g/mol. The molecule has 0 saturated carbocycles. The van der Waals surface area contributed by atoms with Crippen molar-refractivity contribution >= 4 is 11.8 Å². The molecule has 6 nitrogen and oxygen atoms in total. The number of hydrogen-bond donors (Lipinski definition) is 1. The molecule has 3 aromatic rings. The number of amides is 2. The normalized spacial score (nSPS) is 15.8. The van der Waals surface area contributed by atoms with Gasteiger partial charge in [-0.2, -0.15) is 0 Å². The molecule has 1 fully saturated rings. The molecule has 0 aliphatic carbocycles. The molecule has 0 bridgehead atoms. The maximum atomic E-state index is 13.5. The summed E-state index contributed by atoms with van der Waals surface area (Å²) in [7, 11) is 1.49. The van der Waals surface area contributed by atoms with Crippen LogP contribution in [0, 0.1) is 0 Å². The molecule has 1 unspecified atom stereocenters. The molecule has 2 amide bonds. The summed E-state index contributed by atoms with van der Waals surface area (Å²) in [6.45, 7) is 1.73. The Bertz CT molecular complexity index is 1170. The summed E-state index contributed by atoms with van der Waals surface area (Å²) in [4.78, 5) is 40.7. The molecular weight excluding hydrogens is 414 g/mol. The van der Waals surface area contributed by atoms with Gasteiger partial charge in [-0.05, 0) is 30.4 Å². The number of carbonyl (C=O) groups excluding carboxylic acids is 2. The van der Waals surface area contributed by atoms with Crippen molar-refractivity contribution in [1.29, 1.82) is 0 Å². The number of rotatable bonds is 6. The Hall–Kier alpha value is -3.67. The smallest absolute Gasteiger partial charge is 0.259 e. The molecule has 170 valence electrons. The van der Waals surface area contributed by atoms with E-state index in [1.165, 1.54) is 12.6 Å². The number of nitrogens with zero attached hydrogens (tertiary/aromatic N) is 2. The number of piperidine rings is 1. The van der Waals surface area contributed by atoms with Gasteiger partial charge in [0.1, 0.15) is 11.1 Å². The fourth-order valence-electron chi connectivity index (χ4n) is 4.44. The van der Waals surface area contributed by atoms with Crippen molar-refractivity contribution in [2.75, 3.05) is 20.1 Å². The van der Waals surface area contributed by atoms with E-state index < -0.39 is 11.3 Å². The predicted octanol–water partition coefficient (Wildman–Crippen LogP) is 3.47. The third-order valence-corrected chi connectivity index (χ3v) is 6.26. The number of hydrogen-bond acceptors (Lipinski definition) is 3. The summed E-state index contributed by atoms with van der Waals surface area (Å²) in [6, 6.07) is 20.2. The van der Waals surface area contributed by atoms with Gasteiger partial charge in [-0.15, -0.1) is 0 Å². The van der Waals surface area contributed by atoms with E-state index in [1.807, 2.05) is 48.5 Å². The lowest BCUT2D eigenvalue weighted by Gasteiger charge is -2.33. The van der Waals surface area contributed by atoms with E-state index in [-0.39, 0.29) is 23.0 Å². The first-order valence-electron chi connectivity index (χ1n) is 11.4. The Morgan fingerprint density at radius 3 is 2.33 bits per heavy atom. The average Bonchev–Trinajstić information content (AvgIpc) is 2.88. The van der Waals surface area contributed by atoms with Crippen LogP contribution in [0.5, 0.6) is 0 Å². The summed E-state index contributed by atoms with van der Waals surface area (Å²) in [5.41, 5.74) is 1.88. The Kier molecular flexibility index (Phi) is 7.03. The molecule has 6 heteroatoms. The number of carbonyl (C=O) groups is 2. The van der Waals surface area contributed by atoms with Gasteiger partial charge >= 0.3 is 0 Å². The zero-order valence-corrected chi connectivity index (χ0v) is 18.9. The van der Waals surface area contributed by atoms with Gasteiger partial charge in [0.05, 0.1) is 0 Å². The van der Waals surface area contributed by atoms with Gasteiger partial charge in [-0.1, -0.05) is 60.7 Å². The lowest BCUT2D eigenvalue weighted by atomic mass is 9.90. The van der Waals surface area contributed by atoms with Gasteiger partial charge in [0.15, 0.2) is 0 Å². The molecule has 1 aromatic heterocycles. The summed E-state index contributed by atoms with van der Waals surface area (Å²) in [5.74, 6) is -0.546. The highest BCUT2D eigenvalue weighted by Crippen LogP contribution is 2.27. The fraction of sp³-hybridized carbons (Fsp3) is 0.296. The van der Waals surface area contributed by atoms with E-state index in [0.29, 0.717) is 19.6 Å². The quantitative estimate of drug-likeness (QED) is 0.634. The van der Waals surface area contributed by atoms with E-state index in [4.69, 9.17) is 0 Å². The summed E-state index contributed by atoms with van der Waals surface area (Å²) in [5, 5.41) is 2.52. The van der Waals surface area contributed by atoms with Crippen LogP contribution >= 0.6 is 0 Å². The van der Waals surface area contributed by atoms with Crippen LogP contribution in [0.3, 0.4) is 0 Å². The highest BCUT2D eigenvalue weighted by molar-refractivity contribution is 5.99. The number of benzene rings is 2. The van der Waals surface area contributed by atoms with Gasteiger partial charge in [-0.3, -0.25) is 14.4 Å². The Morgan fingerprint density at radius 2 is 1.64 bits per heavy atom. The molecule has 1 N–H and O–H groups in total. The minimum atomic E-state index is -0.517. The maximum Gasteiger partial charge on any atom is 0.259 e. The second-order valence-electron chi connectivity index (χ2n) is 8.47. The van der Waals surface area contributed by atoms with Crippen molar-refractivity contribution in [3.8, 4) is 0 Å². The maximum absolute atomic E-state index is 13.5. The van der Waals surface area contributed by atoms with Crippen molar-refractivity contribution < 1.29 is 9.59 Å². The number of aryl methyl sites for hydroxylation is 2. The van der Waals surface area contributed by atoms with Crippen LogP contribution in [0.2, 0.25) is 0 Å². The van der Waals surface area contributed by atoms with Crippen LogP contribution < -0.4 is 10.7 Å². The van der Waals surface area contributed by atoms with Crippen molar-refractivity contribution in [1.82, 2.24) is 14.8 Å². The van der Waals surface area contributed by atoms with E-state index in [2.05, 4.69) is 17.4 Å². The zero-order chi connectivity index (χ0) is 23.2. The SMILES string of the molecule is CNC(=O)c1cn(CCc2ccccc2)cc(C(=O)N2CCCC(c3ccccc3)C2)c1=O. The third kappa shape index (κ3) is 5.22. The molecule has 33 heavy (non-hydrogen) atoms. The number of nitrogens with one attached hydrogen (secondary N) is 1. The van der Waals surface area contributed by atoms with E-state index in [0.717, 1.165) is 24.8 Å². The van der Waals surface area contributed by atoms with Crippen LogP contribution in [0.4, 0.5) is 0 Å². The second kappa shape index (κ2) is 10.3. The van der Waals surface area contributed by atoms with E-state index in [9.17, 15) is 14.4 Å². The minimum absolute atomic E-state index is 0.00645. The minimum Gasteiger partial charge on any atom is -0.355 e. The van der Waals surface area contributed by atoms with Gasteiger partial charge in [0.25, 0.3) is 11.8 Å². The van der Waals surface area contributed by atoms with Gasteiger partial charge in [0.2, 0.25) is 5.43 Å². The molecule has 2 heterocycles. The molecule has 1 saturated heterocycles. The molecule has 1 atom stereocenters. The zero-order valence-electron chi connectivity index (χ0n) is 18.9. The summed E-state index contributed by atoms with van der Waals surface area (Å²) < 4.78 is 1.78. The molecule has 4 rings (SSSR count). The van der Waals surface area contributed by atoms with Crippen molar-refractivity contribution in [2.24, 2.45) is 0 Å². The van der Waals surface area contributed by atoms with Gasteiger partial charge in [-0.25, -0.2) is 0 Å². The van der Waals surface area contributed by atoms with Crippen molar-refractivity contribution in [3.05, 3.63) is 106 Å². The van der Waals surface area contributed by atoms with Crippen LogP contribution in [0.1, 0.15) is 50.6 Å². The Morgan fingerprint density at radius 1 is 0.970 bits per heavy atom. The Balaban J connectivity index is 1.61. The molecule has 2 aromatic carbocycles. The fourth-order valence-corrected chi connectivity index (χ4v) is 4.44. The van der Waals surface area contributed by atoms with E-state index >= 15 is 0 Å². The second-order valence-corrected chi connectivity index (χ2v) is 8.47. The van der Waals surface area contributed by atoms with Crippen LogP contribution in [-0.4, -0.2) is 41.4 Å². The summed E-state index contributed by atoms with van der Waals surface area (Å²) in [6.07, 6.45) is 5.76.